The molecule has 0 amide bonds. The normalized spacial score (nSPS) is 11.0. The maximum atomic E-state index is 11.8. The Balaban J connectivity index is 2.50. The standard InChI is InChI=1S/C11H10N4O3/c1-17-7-3-5-6(4-8(7)18-2)12-11(16)10-9(5)13-15-14-10/h3-4H,1-2H3,(H,12,16)(H,13,14,15). The second-order valence-electron chi connectivity index (χ2n) is 3.73. The minimum absolute atomic E-state index is 0.273. The van der Waals surface area contributed by atoms with E-state index in [0.29, 0.717) is 22.5 Å². The summed E-state index contributed by atoms with van der Waals surface area (Å²) in [5.74, 6) is 1.12. The third-order valence-corrected chi connectivity index (χ3v) is 2.79. The van der Waals surface area contributed by atoms with E-state index in [2.05, 4.69) is 20.4 Å². The van der Waals surface area contributed by atoms with E-state index in [0.717, 1.165) is 5.39 Å². The molecular weight excluding hydrogens is 236 g/mol. The largest absolute Gasteiger partial charge is 0.493 e. The molecule has 0 unspecified atom stereocenters. The molecule has 0 aliphatic heterocycles. The van der Waals surface area contributed by atoms with Crippen LogP contribution in [0.15, 0.2) is 16.9 Å². The van der Waals surface area contributed by atoms with Crippen molar-refractivity contribution in [2.24, 2.45) is 0 Å². The number of aromatic nitrogens is 4. The third kappa shape index (κ3) is 1.33. The number of rotatable bonds is 2. The molecule has 2 heterocycles. The van der Waals surface area contributed by atoms with Crippen molar-refractivity contribution in [1.82, 2.24) is 20.4 Å². The summed E-state index contributed by atoms with van der Waals surface area (Å²) < 4.78 is 10.4. The number of nitrogens with zero attached hydrogens (tertiary/aromatic N) is 2. The van der Waals surface area contributed by atoms with Crippen LogP contribution in [0.1, 0.15) is 0 Å². The van der Waals surface area contributed by atoms with E-state index in [1.54, 1.807) is 19.2 Å². The molecule has 92 valence electrons. The number of pyridine rings is 1. The van der Waals surface area contributed by atoms with E-state index in [4.69, 9.17) is 9.47 Å². The molecule has 0 aliphatic rings. The molecule has 0 fully saturated rings. The van der Waals surface area contributed by atoms with Crippen LogP contribution >= 0.6 is 0 Å². The molecule has 0 atom stereocenters. The van der Waals surface area contributed by atoms with Gasteiger partial charge in [0.1, 0.15) is 5.52 Å². The Labute approximate surface area is 101 Å². The van der Waals surface area contributed by atoms with Crippen molar-refractivity contribution in [3.63, 3.8) is 0 Å². The van der Waals surface area contributed by atoms with Gasteiger partial charge in [-0.25, -0.2) is 0 Å². The Morgan fingerprint density at radius 3 is 2.44 bits per heavy atom. The molecular formula is C11H10N4O3. The summed E-state index contributed by atoms with van der Waals surface area (Å²) in [6.45, 7) is 0. The van der Waals surface area contributed by atoms with Crippen molar-refractivity contribution in [3.8, 4) is 11.5 Å². The van der Waals surface area contributed by atoms with Crippen LogP contribution in [-0.4, -0.2) is 34.6 Å². The van der Waals surface area contributed by atoms with Crippen LogP contribution in [0.2, 0.25) is 0 Å². The van der Waals surface area contributed by atoms with Crippen molar-refractivity contribution in [3.05, 3.63) is 22.5 Å². The van der Waals surface area contributed by atoms with Gasteiger partial charge in [-0.15, -0.1) is 0 Å². The average molecular weight is 246 g/mol. The van der Waals surface area contributed by atoms with Crippen LogP contribution < -0.4 is 15.0 Å². The SMILES string of the molecule is COc1cc2[nH]c(=O)c3n[nH]nc3c2cc1OC. The van der Waals surface area contributed by atoms with Gasteiger partial charge < -0.3 is 14.5 Å². The molecule has 0 aliphatic carbocycles. The fourth-order valence-electron chi connectivity index (χ4n) is 1.94. The number of benzene rings is 1. The van der Waals surface area contributed by atoms with Crippen LogP contribution in [0.3, 0.4) is 0 Å². The second kappa shape index (κ2) is 3.73. The van der Waals surface area contributed by atoms with Gasteiger partial charge in [0, 0.05) is 11.5 Å². The van der Waals surface area contributed by atoms with Crippen molar-refractivity contribution >= 4 is 21.9 Å². The fraction of sp³-hybridized carbons (Fsp3) is 0.182. The van der Waals surface area contributed by atoms with Gasteiger partial charge in [0.15, 0.2) is 17.0 Å². The van der Waals surface area contributed by atoms with Crippen LogP contribution in [-0.2, 0) is 0 Å². The summed E-state index contributed by atoms with van der Waals surface area (Å²) in [7, 11) is 3.09. The number of ether oxygens (including phenoxy) is 2. The lowest BCUT2D eigenvalue weighted by atomic mass is 10.1. The Morgan fingerprint density at radius 1 is 1.06 bits per heavy atom. The number of hydrogen-bond acceptors (Lipinski definition) is 5. The highest BCUT2D eigenvalue weighted by Crippen LogP contribution is 2.32. The summed E-state index contributed by atoms with van der Waals surface area (Å²) in [4.78, 5) is 14.5. The first-order chi connectivity index (χ1) is 8.74. The Kier molecular flexibility index (Phi) is 2.19. The first kappa shape index (κ1) is 10.6. The molecule has 0 saturated heterocycles. The summed E-state index contributed by atoms with van der Waals surface area (Å²) in [6.07, 6.45) is 0. The molecule has 0 spiro atoms. The quantitative estimate of drug-likeness (QED) is 0.698. The van der Waals surface area contributed by atoms with Crippen molar-refractivity contribution in [1.29, 1.82) is 0 Å². The zero-order valence-corrected chi connectivity index (χ0v) is 9.77. The van der Waals surface area contributed by atoms with Gasteiger partial charge in [-0.05, 0) is 6.07 Å². The van der Waals surface area contributed by atoms with Crippen molar-refractivity contribution in [2.45, 2.75) is 0 Å². The first-order valence-corrected chi connectivity index (χ1v) is 5.23. The Hall–Kier alpha value is -2.57. The van der Waals surface area contributed by atoms with Crippen LogP contribution in [0.4, 0.5) is 0 Å². The molecule has 7 heteroatoms. The predicted octanol–water partition coefficient (Wildman–Crippen LogP) is 0.817. The monoisotopic (exact) mass is 246 g/mol. The molecule has 7 nitrogen and oxygen atoms in total. The molecule has 2 N–H and O–H groups in total. The molecule has 1 aromatic carbocycles. The zero-order valence-electron chi connectivity index (χ0n) is 9.77. The highest BCUT2D eigenvalue weighted by molar-refractivity contribution is 6.02. The molecule has 3 rings (SSSR count). The number of H-pyrrole nitrogens is 2. The lowest BCUT2D eigenvalue weighted by molar-refractivity contribution is 0.356. The van der Waals surface area contributed by atoms with E-state index < -0.39 is 0 Å². The third-order valence-electron chi connectivity index (χ3n) is 2.79. The Bertz CT molecular complexity index is 790. The molecule has 0 saturated carbocycles. The number of nitrogens with one attached hydrogen (secondary N) is 2. The van der Waals surface area contributed by atoms with Gasteiger partial charge in [-0.3, -0.25) is 4.79 Å². The van der Waals surface area contributed by atoms with Crippen LogP contribution in [0.5, 0.6) is 11.5 Å². The molecule has 2 aromatic heterocycles. The van der Waals surface area contributed by atoms with Gasteiger partial charge in [-0.1, -0.05) is 0 Å². The minimum Gasteiger partial charge on any atom is -0.493 e. The number of hydrogen-bond donors (Lipinski definition) is 2. The van der Waals surface area contributed by atoms with Crippen LogP contribution in [0, 0.1) is 0 Å². The minimum atomic E-state index is -0.293. The van der Waals surface area contributed by atoms with Gasteiger partial charge in [0.05, 0.1) is 19.7 Å². The highest BCUT2D eigenvalue weighted by Gasteiger charge is 2.13. The van der Waals surface area contributed by atoms with E-state index in [-0.39, 0.29) is 11.1 Å². The fourth-order valence-corrected chi connectivity index (χ4v) is 1.94. The molecule has 0 bridgehead atoms. The Morgan fingerprint density at radius 2 is 1.72 bits per heavy atom. The summed E-state index contributed by atoms with van der Waals surface area (Å²) >= 11 is 0. The van der Waals surface area contributed by atoms with E-state index in [9.17, 15) is 4.79 Å². The van der Waals surface area contributed by atoms with Crippen LogP contribution in [0.25, 0.3) is 21.9 Å². The predicted molar refractivity (Wildman–Crippen MR) is 65.1 cm³/mol. The van der Waals surface area contributed by atoms with Gasteiger partial charge in [-0.2, -0.15) is 15.4 Å². The van der Waals surface area contributed by atoms with E-state index in [1.165, 1.54) is 7.11 Å². The maximum absolute atomic E-state index is 11.8. The summed E-state index contributed by atoms with van der Waals surface area (Å²) in [5, 5.41) is 11.0. The van der Waals surface area contributed by atoms with Crippen molar-refractivity contribution < 1.29 is 9.47 Å². The smallest absolute Gasteiger partial charge is 0.278 e. The van der Waals surface area contributed by atoms with E-state index >= 15 is 0 Å². The molecule has 0 radical (unpaired) electrons. The first-order valence-electron chi connectivity index (χ1n) is 5.23. The topological polar surface area (TPSA) is 92.9 Å². The summed E-state index contributed by atoms with van der Waals surface area (Å²) in [6, 6.07) is 3.46. The maximum Gasteiger partial charge on any atom is 0.278 e. The lowest BCUT2D eigenvalue weighted by Gasteiger charge is -2.08. The second-order valence-corrected chi connectivity index (χ2v) is 3.73. The molecule has 18 heavy (non-hydrogen) atoms. The average Bonchev–Trinajstić information content (AvgIpc) is 2.87. The van der Waals surface area contributed by atoms with E-state index in [1.807, 2.05) is 0 Å². The molecule has 3 aromatic rings. The number of fused-ring (bicyclic) bond motifs is 3. The number of aromatic amines is 2. The van der Waals surface area contributed by atoms with Gasteiger partial charge in [0.2, 0.25) is 0 Å². The van der Waals surface area contributed by atoms with Gasteiger partial charge in [0.25, 0.3) is 5.56 Å². The number of methoxy groups -OCH3 is 2. The summed E-state index contributed by atoms with van der Waals surface area (Å²) in [5.41, 5.74) is 1.11. The van der Waals surface area contributed by atoms with Gasteiger partial charge >= 0.3 is 0 Å². The zero-order chi connectivity index (χ0) is 12.7. The lowest BCUT2D eigenvalue weighted by Crippen LogP contribution is -2.06. The highest BCUT2D eigenvalue weighted by atomic mass is 16.5. The van der Waals surface area contributed by atoms with Crippen molar-refractivity contribution in [2.75, 3.05) is 14.2 Å².